The predicted octanol–water partition coefficient (Wildman–Crippen LogP) is 5.03. The Morgan fingerprint density at radius 1 is 1.24 bits per heavy atom. The number of nitrogens with zero attached hydrogens (tertiary/aromatic N) is 1. The fourth-order valence-corrected chi connectivity index (χ4v) is 2.14. The van der Waals surface area contributed by atoms with E-state index in [-0.39, 0.29) is 0 Å². The van der Waals surface area contributed by atoms with Gasteiger partial charge < -0.3 is 4.74 Å². The van der Waals surface area contributed by atoms with Crippen LogP contribution in [0.15, 0.2) is 41.1 Å². The molecule has 0 N–H and O–H groups in total. The molecule has 0 aliphatic rings. The minimum absolute atomic E-state index is 0.401. The number of ether oxygens (including phenoxy) is 1. The number of benzene rings is 1. The number of alkyl halides is 1. The van der Waals surface area contributed by atoms with E-state index in [1.165, 1.54) is 0 Å². The Morgan fingerprint density at radius 2 is 2.06 bits per heavy atom. The molecule has 0 spiro atoms. The van der Waals surface area contributed by atoms with Crippen molar-refractivity contribution in [3.63, 3.8) is 0 Å². The van der Waals surface area contributed by atoms with E-state index >= 15 is 0 Å². The number of pyridine rings is 1. The van der Waals surface area contributed by atoms with Gasteiger partial charge in [-0.1, -0.05) is 27.5 Å². The van der Waals surface area contributed by atoms with E-state index in [4.69, 9.17) is 27.9 Å². The molecule has 2 nitrogen and oxygen atoms in total. The smallest absolute Gasteiger partial charge is 0.146 e. The number of rotatable bonds is 3. The minimum Gasteiger partial charge on any atom is -0.454 e. The van der Waals surface area contributed by atoms with Crippen molar-refractivity contribution in [2.24, 2.45) is 0 Å². The summed E-state index contributed by atoms with van der Waals surface area (Å²) in [5.41, 5.74) is 0.900. The van der Waals surface area contributed by atoms with E-state index in [9.17, 15) is 0 Å². The lowest BCUT2D eigenvalue weighted by Crippen LogP contribution is -1.88. The van der Waals surface area contributed by atoms with Crippen molar-refractivity contribution in [1.29, 1.82) is 0 Å². The Bertz CT molecular complexity index is 534. The topological polar surface area (TPSA) is 22.1 Å². The highest BCUT2D eigenvalue weighted by atomic mass is 79.9. The normalized spacial score (nSPS) is 10.3. The average molecular weight is 333 g/mol. The second kappa shape index (κ2) is 5.71. The molecule has 88 valence electrons. The molecule has 0 atom stereocenters. The first kappa shape index (κ1) is 12.7. The second-order valence-corrected chi connectivity index (χ2v) is 4.93. The van der Waals surface area contributed by atoms with Crippen LogP contribution in [0.4, 0.5) is 0 Å². The molecule has 1 aromatic heterocycles. The number of hydrogen-bond donors (Lipinski definition) is 0. The van der Waals surface area contributed by atoms with Gasteiger partial charge in [-0.05, 0) is 29.8 Å². The molecule has 2 aromatic rings. The van der Waals surface area contributed by atoms with Gasteiger partial charge in [-0.25, -0.2) is 0 Å². The van der Waals surface area contributed by atoms with Crippen LogP contribution in [-0.4, -0.2) is 4.98 Å². The van der Waals surface area contributed by atoms with Gasteiger partial charge in [0.2, 0.25) is 0 Å². The van der Waals surface area contributed by atoms with E-state index in [2.05, 4.69) is 20.9 Å². The molecule has 0 saturated carbocycles. The summed E-state index contributed by atoms with van der Waals surface area (Å²) in [5, 5.41) is 0.538. The van der Waals surface area contributed by atoms with Gasteiger partial charge in [0.05, 0.1) is 11.2 Å². The summed E-state index contributed by atoms with van der Waals surface area (Å²) < 4.78 is 6.54. The van der Waals surface area contributed by atoms with Crippen molar-refractivity contribution in [3.05, 3.63) is 51.7 Å². The van der Waals surface area contributed by atoms with E-state index in [0.29, 0.717) is 22.4 Å². The van der Waals surface area contributed by atoms with Gasteiger partial charge in [0, 0.05) is 16.5 Å². The van der Waals surface area contributed by atoms with Crippen LogP contribution in [0.3, 0.4) is 0 Å². The van der Waals surface area contributed by atoms with Crippen LogP contribution < -0.4 is 4.74 Å². The van der Waals surface area contributed by atoms with Crippen LogP contribution in [-0.2, 0) is 5.88 Å². The molecule has 0 amide bonds. The summed E-state index contributed by atoms with van der Waals surface area (Å²) in [6, 6.07) is 7.26. The van der Waals surface area contributed by atoms with Crippen LogP contribution in [0, 0.1) is 0 Å². The molecule has 0 bridgehead atoms. The Hall–Kier alpha value is -0.770. The van der Waals surface area contributed by atoms with Gasteiger partial charge in [0.1, 0.15) is 11.5 Å². The van der Waals surface area contributed by atoms with Crippen molar-refractivity contribution in [2.75, 3.05) is 0 Å². The molecule has 0 aliphatic heterocycles. The molecule has 0 unspecified atom stereocenters. The number of halogens is 3. The highest BCUT2D eigenvalue weighted by molar-refractivity contribution is 9.10. The average Bonchev–Trinajstić information content (AvgIpc) is 2.33. The Balaban J connectivity index is 2.25. The van der Waals surface area contributed by atoms with E-state index in [0.717, 1.165) is 10.0 Å². The van der Waals surface area contributed by atoms with Crippen LogP contribution in [0.2, 0.25) is 5.02 Å². The van der Waals surface area contributed by atoms with Crippen molar-refractivity contribution >= 4 is 39.1 Å². The summed E-state index contributed by atoms with van der Waals surface area (Å²) in [6.07, 6.45) is 3.32. The molecule has 1 aromatic carbocycles. The zero-order valence-electron chi connectivity index (χ0n) is 8.66. The molecule has 5 heteroatoms. The SMILES string of the molecule is ClCc1cncc(Oc2ccc(Br)cc2Cl)c1. The maximum atomic E-state index is 6.05. The van der Waals surface area contributed by atoms with Crippen LogP contribution in [0.25, 0.3) is 0 Å². The molecule has 0 fully saturated rings. The molecular weight excluding hydrogens is 325 g/mol. The summed E-state index contributed by atoms with van der Waals surface area (Å²) in [6.45, 7) is 0. The summed E-state index contributed by atoms with van der Waals surface area (Å²) in [4.78, 5) is 4.04. The standard InChI is InChI=1S/C12H8BrCl2NO/c13-9-1-2-12(11(15)4-9)17-10-3-8(5-14)6-16-7-10/h1-4,6-7H,5H2. The van der Waals surface area contributed by atoms with E-state index in [1.54, 1.807) is 24.5 Å². The first-order chi connectivity index (χ1) is 8.19. The molecule has 0 aliphatic carbocycles. The molecule has 2 rings (SSSR count). The Kier molecular flexibility index (Phi) is 4.26. The zero-order valence-corrected chi connectivity index (χ0v) is 11.8. The van der Waals surface area contributed by atoms with Crippen LogP contribution >= 0.6 is 39.1 Å². The highest BCUT2D eigenvalue weighted by Crippen LogP contribution is 2.31. The van der Waals surface area contributed by atoms with Crippen LogP contribution in [0.1, 0.15) is 5.56 Å². The van der Waals surface area contributed by atoms with Gasteiger partial charge in [-0.2, -0.15) is 0 Å². The molecule has 0 radical (unpaired) electrons. The lowest BCUT2D eigenvalue weighted by Gasteiger charge is -2.08. The van der Waals surface area contributed by atoms with Crippen LogP contribution in [0.5, 0.6) is 11.5 Å². The van der Waals surface area contributed by atoms with Crippen molar-refractivity contribution < 1.29 is 4.74 Å². The monoisotopic (exact) mass is 331 g/mol. The third-order valence-corrected chi connectivity index (χ3v) is 3.14. The molecule has 17 heavy (non-hydrogen) atoms. The highest BCUT2D eigenvalue weighted by Gasteiger charge is 2.04. The van der Waals surface area contributed by atoms with Gasteiger partial charge in [-0.3, -0.25) is 4.98 Å². The van der Waals surface area contributed by atoms with E-state index in [1.807, 2.05) is 12.1 Å². The maximum Gasteiger partial charge on any atom is 0.146 e. The fourth-order valence-electron chi connectivity index (χ4n) is 1.28. The van der Waals surface area contributed by atoms with Crippen molar-refractivity contribution in [3.8, 4) is 11.5 Å². The van der Waals surface area contributed by atoms with Crippen molar-refractivity contribution in [2.45, 2.75) is 5.88 Å². The first-order valence-electron chi connectivity index (χ1n) is 4.82. The second-order valence-electron chi connectivity index (χ2n) is 3.34. The first-order valence-corrected chi connectivity index (χ1v) is 6.52. The number of aromatic nitrogens is 1. The Labute approximate surface area is 118 Å². The summed E-state index contributed by atoms with van der Waals surface area (Å²) in [5.74, 6) is 1.61. The molecule has 0 saturated heterocycles. The van der Waals surface area contributed by atoms with Gasteiger partial charge in [0.15, 0.2) is 0 Å². The van der Waals surface area contributed by atoms with E-state index < -0.39 is 0 Å². The molecule has 1 heterocycles. The predicted molar refractivity (Wildman–Crippen MR) is 73.0 cm³/mol. The maximum absolute atomic E-state index is 6.05. The van der Waals surface area contributed by atoms with Crippen molar-refractivity contribution in [1.82, 2.24) is 4.98 Å². The van der Waals surface area contributed by atoms with Gasteiger partial charge >= 0.3 is 0 Å². The lowest BCUT2D eigenvalue weighted by molar-refractivity contribution is 0.480. The zero-order chi connectivity index (χ0) is 12.3. The molecular formula is C12H8BrCl2NO. The Morgan fingerprint density at radius 3 is 2.76 bits per heavy atom. The summed E-state index contributed by atoms with van der Waals surface area (Å²) in [7, 11) is 0. The minimum atomic E-state index is 0.401. The van der Waals surface area contributed by atoms with Gasteiger partial charge in [-0.15, -0.1) is 11.6 Å². The fraction of sp³-hybridized carbons (Fsp3) is 0.0833. The largest absolute Gasteiger partial charge is 0.454 e. The lowest BCUT2D eigenvalue weighted by atomic mass is 10.3. The number of hydrogen-bond acceptors (Lipinski definition) is 2. The summed E-state index contributed by atoms with van der Waals surface area (Å²) >= 11 is 15.1. The third kappa shape index (κ3) is 3.35. The third-order valence-electron chi connectivity index (χ3n) is 2.05. The van der Waals surface area contributed by atoms with Gasteiger partial charge in [0.25, 0.3) is 0 Å². The quantitative estimate of drug-likeness (QED) is 0.735.